The predicted octanol–water partition coefficient (Wildman–Crippen LogP) is 2.84. The number of hydrogen-bond acceptors (Lipinski definition) is 2. The Bertz CT molecular complexity index is 631. The highest BCUT2D eigenvalue weighted by atomic mass is 16.2. The first-order chi connectivity index (χ1) is 11.8. The molecule has 0 bridgehead atoms. The molecule has 124 valence electrons. The Labute approximate surface area is 142 Å². The van der Waals surface area contributed by atoms with Crippen molar-refractivity contribution >= 4 is 12.3 Å². The summed E-state index contributed by atoms with van der Waals surface area (Å²) >= 11 is 0. The van der Waals surface area contributed by atoms with Crippen molar-refractivity contribution in [2.45, 2.75) is 32.0 Å². The van der Waals surface area contributed by atoms with Gasteiger partial charge in [-0.2, -0.15) is 0 Å². The molecule has 1 aliphatic rings. The zero-order valence-electron chi connectivity index (χ0n) is 13.7. The van der Waals surface area contributed by atoms with Crippen molar-refractivity contribution in [1.29, 1.82) is 0 Å². The Morgan fingerprint density at radius 3 is 2.04 bits per heavy atom. The molecule has 2 aromatic rings. The summed E-state index contributed by atoms with van der Waals surface area (Å²) in [6, 6.07) is 19.6. The van der Waals surface area contributed by atoms with Crippen LogP contribution in [0.15, 0.2) is 60.7 Å². The molecule has 1 saturated heterocycles. The second kappa shape index (κ2) is 7.77. The van der Waals surface area contributed by atoms with Crippen molar-refractivity contribution < 1.29 is 9.59 Å². The standard InChI is InChI=1S/C20H22N2O2/c23-16-21-13-7-12-19(21)20(24)22(14-17-8-3-1-4-9-17)15-18-10-5-2-6-11-18/h1-6,8-11,16,19H,7,12-15H2/t19-/m0/s1. The molecule has 2 amide bonds. The summed E-state index contributed by atoms with van der Waals surface area (Å²) < 4.78 is 0. The van der Waals surface area contributed by atoms with Crippen molar-refractivity contribution in [2.24, 2.45) is 0 Å². The van der Waals surface area contributed by atoms with Crippen molar-refractivity contribution in [3.63, 3.8) is 0 Å². The molecular formula is C20H22N2O2. The van der Waals surface area contributed by atoms with Gasteiger partial charge in [-0.25, -0.2) is 0 Å². The highest BCUT2D eigenvalue weighted by molar-refractivity contribution is 5.84. The largest absolute Gasteiger partial charge is 0.333 e. The SMILES string of the molecule is O=CN1CCC[C@H]1C(=O)N(Cc1ccccc1)Cc1ccccc1. The Balaban J connectivity index is 1.80. The number of benzene rings is 2. The zero-order chi connectivity index (χ0) is 16.8. The molecule has 0 radical (unpaired) electrons. The summed E-state index contributed by atoms with van der Waals surface area (Å²) in [7, 11) is 0. The molecule has 0 unspecified atom stereocenters. The van der Waals surface area contributed by atoms with Gasteiger partial charge < -0.3 is 9.80 Å². The van der Waals surface area contributed by atoms with Crippen molar-refractivity contribution in [3.8, 4) is 0 Å². The number of rotatable bonds is 6. The number of amides is 2. The summed E-state index contributed by atoms with van der Waals surface area (Å²) in [6.45, 7) is 1.78. The number of nitrogens with zero attached hydrogens (tertiary/aromatic N) is 2. The Hall–Kier alpha value is -2.62. The fourth-order valence-corrected chi connectivity index (χ4v) is 3.21. The molecule has 4 nitrogen and oxygen atoms in total. The number of likely N-dealkylation sites (tertiary alicyclic amines) is 1. The van der Waals surface area contributed by atoms with Gasteiger partial charge in [0.15, 0.2) is 0 Å². The third-order valence-electron chi connectivity index (χ3n) is 4.46. The van der Waals surface area contributed by atoms with Crippen LogP contribution in [0, 0.1) is 0 Å². The van der Waals surface area contributed by atoms with Gasteiger partial charge in [-0.05, 0) is 24.0 Å². The van der Waals surface area contributed by atoms with E-state index in [0.29, 0.717) is 19.6 Å². The third kappa shape index (κ3) is 3.82. The summed E-state index contributed by atoms with van der Waals surface area (Å²) in [6.07, 6.45) is 2.44. The summed E-state index contributed by atoms with van der Waals surface area (Å²) in [5, 5.41) is 0. The van der Waals surface area contributed by atoms with Crippen molar-refractivity contribution in [3.05, 3.63) is 71.8 Å². The van der Waals surface area contributed by atoms with Crippen LogP contribution in [0.4, 0.5) is 0 Å². The number of carbonyl (C=O) groups is 2. The highest BCUT2D eigenvalue weighted by Gasteiger charge is 2.32. The number of carbonyl (C=O) groups excluding carboxylic acids is 2. The van der Waals surface area contributed by atoms with Crippen LogP contribution in [0.2, 0.25) is 0 Å². The first-order valence-electron chi connectivity index (χ1n) is 8.35. The Kier molecular flexibility index (Phi) is 5.26. The normalized spacial score (nSPS) is 16.8. The van der Waals surface area contributed by atoms with Crippen LogP contribution in [-0.2, 0) is 22.7 Å². The van der Waals surface area contributed by atoms with Gasteiger partial charge in [0.2, 0.25) is 12.3 Å². The molecule has 1 atom stereocenters. The maximum atomic E-state index is 13.0. The first kappa shape index (κ1) is 16.2. The van der Waals surface area contributed by atoms with Crippen LogP contribution >= 0.6 is 0 Å². The third-order valence-corrected chi connectivity index (χ3v) is 4.46. The quantitative estimate of drug-likeness (QED) is 0.767. The molecule has 0 aliphatic carbocycles. The lowest BCUT2D eigenvalue weighted by atomic mass is 10.1. The fraction of sp³-hybridized carbons (Fsp3) is 0.300. The number of hydrogen-bond donors (Lipinski definition) is 0. The minimum absolute atomic E-state index is 0.0345. The van der Waals surface area contributed by atoms with Gasteiger partial charge >= 0.3 is 0 Å². The minimum Gasteiger partial charge on any atom is -0.333 e. The molecule has 0 spiro atoms. The van der Waals surface area contributed by atoms with E-state index in [1.54, 1.807) is 4.90 Å². The molecule has 0 saturated carbocycles. The van der Waals surface area contributed by atoms with Crippen molar-refractivity contribution in [2.75, 3.05) is 6.54 Å². The van der Waals surface area contributed by atoms with Crippen LogP contribution in [0.3, 0.4) is 0 Å². The molecule has 1 heterocycles. The maximum absolute atomic E-state index is 13.0. The van der Waals surface area contributed by atoms with E-state index in [9.17, 15) is 9.59 Å². The van der Waals surface area contributed by atoms with E-state index in [-0.39, 0.29) is 11.9 Å². The lowest BCUT2D eigenvalue weighted by molar-refractivity contribution is -0.140. The Morgan fingerprint density at radius 1 is 1.00 bits per heavy atom. The fourth-order valence-electron chi connectivity index (χ4n) is 3.21. The molecule has 1 aliphatic heterocycles. The minimum atomic E-state index is -0.324. The predicted molar refractivity (Wildman–Crippen MR) is 92.9 cm³/mol. The average molecular weight is 322 g/mol. The molecule has 1 fully saturated rings. The van der Waals surface area contributed by atoms with E-state index in [0.717, 1.165) is 30.4 Å². The lowest BCUT2D eigenvalue weighted by Gasteiger charge is -2.29. The summed E-state index contributed by atoms with van der Waals surface area (Å²) in [5.74, 6) is 0.0345. The van der Waals surface area contributed by atoms with E-state index in [1.807, 2.05) is 65.6 Å². The smallest absolute Gasteiger partial charge is 0.245 e. The van der Waals surface area contributed by atoms with E-state index < -0.39 is 0 Å². The van der Waals surface area contributed by atoms with Crippen LogP contribution in [0.1, 0.15) is 24.0 Å². The summed E-state index contributed by atoms with van der Waals surface area (Å²) in [4.78, 5) is 27.8. The topological polar surface area (TPSA) is 40.6 Å². The van der Waals surface area contributed by atoms with Crippen LogP contribution in [0.25, 0.3) is 0 Å². The van der Waals surface area contributed by atoms with E-state index in [2.05, 4.69) is 0 Å². The van der Waals surface area contributed by atoms with Crippen LogP contribution in [-0.4, -0.2) is 34.7 Å². The molecular weight excluding hydrogens is 300 g/mol. The highest BCUT2D eigenvalue weighted by Crippen LogP contribution is 2.20. The maximum Gasteiger partial charge on any atom is 0.245 e. The van der Waals surface area contributed by atoms with Gasteiger partial charge in [-0.15, -0.1) is 0 Å². The molecule has 0 N–H and O–H groups in total. The van der Waals surface area contributed by atoms with Gasteiger partial charge in [0.1, 0.15) is 6.04 Å². The zero-order valence-corrected chi connectivity index (χ0v) is 13.7. The van der Waals surface area contributed by atoms with Gasteiger partial charge in [0.25, 0.3) is 0 Å². The first-order valence-corrected chi connectivity index (χ1v) is 8.35. The van der Waals surface area contributed by atoms with E-state index in [4.69, 9.17) is 0 Å². The molecule has 4 heteroatoms. The summed E-state index contributed by atoms with van der Waals surface area (Å²) in [5.41, 5.74) is 2.19. The molecule has 0 aromatic heterocycles. The molecule has 2 aromatic carbocycles. The Morgan fingerprint density at radius 2 is 1.54 bits per heavy atom. The van der Waals surface area contributed by atoms with Gasteiger partial charge in [0.05, 0.1) is 0 Å². The van der Waals surface area contributed by atoms with Gasteiger partial charge in [0, 0.05) is 19.6 Å². The second-order valence-corrected chi connectivity index (χ2v) is 6.17. The second-order valence-electron chi connectivity index (χ2n) is 6.17. The van der Waals surface area contributed by atoms with Crippen molar-refractivity contribution in [1.82, 2.24) is 9.80 Å². The molecule has 24 heavy (non-hydrogen) atoms. The average Bonchev–Trinajstić information content (AvgIpc) is 3.11. The lowest BCUT2D eigenvalue weighted by Crippen LogP contribution is -2.44. The van der Waals surface area contributed by atoms with E-state index >= 15 is 0 Å². The van der Waals surface area contributed by atoms with Gasteiger partial charge in [-0.1, -0.05) is 60.7 Å². The van der Waals surface area contributed by atoms with Gasteiger partial charge in [-0.3, -0.25) is 9.59 Å². The van der Waals surface area contributed by atoms with E-state index in [1.165, 1.54) is 0 Å². The molecule has 3 rings (SSSR count). The van der Waals surface area contributed by atoms with Crippen LogP contribution < -0.4 is 0 Å². The van der Waals surface area contributed by atoms with Crippen LogP contribution in [0.5, 0.6) is 0 Å². The monoisotopic (exact) mass is 322 g/mol.